The molecular weight excluding hydrogens is 296 g/mol. The number of rotatable bonds is 6. The number of nitrogen functional groups attached to an aromatic ring is 1. The van der Waals surface area contributed by atoms with E-state index < -0.39 is 0 Å². The predicted octanol–water partition coefficient (Wildman–Crippen LogP) is 0.365. The topological polar surface area (TPSA) is 115 Å². The van der Waals surface area contributed by atoms with E-state index in [2.05, 4.69) is 32.3 Å². The molecule has 0 spiro atoms. The average molecular weight is 318 g/mol. The molecule has 0 aliphatic heterocycles. The minimum Gasteiger partial charge on any atom is -0.368 e. The zero-order valence-electron chi connectivity index (χ0n) is 13.9. The summed E-state index contributed by atoms with van der Waals surface area (Å²) in [6, 6.07) is 0. The zero-order chi connectivity index (χ0) is 17.0. The van der Waals surface area contributed by atoms with E-state index in [9.17, 15) is 4.79 Å². The Morgan fingerprint density at radius 2 is 2.09 bits per heavy atom. The van der Waals surface area contributed by atoms with Crippen LogP contribution in [-0.2, 0) is 13.1 Å². The van der Waals surface area contributed by atoms with E-state index in [0.717, 1.165) is 13.0 Å². The molecule has 0 fully saturated rings. The fourth-order valence-corrected chi connectivity index (χ4v) is 2.04. The van der Waals surface area contributed by atoms with E-state index >= 15 is 0 Å². The molecule has 2 rings (SSSR count). The van der Waals surface area contributed by atoms with Crippen molar-refractivity contribution in [3.05, 3.63) is 23.3 Å². The number of nitrogens with zero attached hydrogens (tertiary/aromatic N) is 6. The lowest BCUT2D eigenvalue weighted by molar-refractivity contribution is 0.0949. The van der Waals surface area contributed by atoms with Crippen LogP contribution < -0.4 is 16.0 Å². The second-order valence-corrected chi connectivity index (χ2v) is 5.38. The van der Waals surface area contributed by atoms with Gasteiger partial charge in [0.05, 0.1) is 17.8 Å². The van der Waals surface area contributed by atoms with E-state index in [4.69, 9.17) is 5.73 Å². The molecule has 23 heavy (non-hydrogen) atoms. The van der Waals surface area contributed by atoms with Crippen LogP contribution >= 0.6 is 0 Å². The minimum atomic E-state index is -0.213. The Bertz CT molecular complexity index is 694. The molecule has 0 atom stereocenters. The number of carbonyl (C=O) groups is 1. The number of anilines is 2. The number of amides is 1. The molecule has 9 nitrogen and oxygen atoms in total. The van der Waals surface area contributed by atoms with Crippen LogP contribution in [0.15, 0.2) is 6.20 Å². The molecule has 0 aliphatic rings. The van der Waals surface area contributed by atoms with Crippen molar-refractivity contribution in [2.24, 2.45) is 0 Å². The summed E-state index contributed by atoms with van der Waals surface area (Å²) in [5, 5.41) is 7.10. The lowest BCUT2D eigenvalue weighted by atomic mass is 10.2. The third kappa shape index (κ3) is 4.15. The quantitative estimate of drug-likeness (QED) is 0.790. The van der Waals surface area contributed by atoms with Crippen molar-refractivity contribution in [2.45, 2.75) is 33.4 Å². The van der Waals surface area contributed by atoms with Gasteiger partial charge in [0, 0.05) is 26.8 Å². The largest absolute Gasteiger partial charge is 0.368 e. The van der Waals surface area contributed by atoms with Gasteiger partial charge in [-0.25, -0.2) is 0 Å². The van der Waals surface area contributed by atoms with Gasteiger partial charge in [-0.15, -0.1) is 0 Å². The van der Waals surface area contributed by atoms with E-state index in [-0.39, 0.29) is 18.4 Å². The van der Waals surface area contributed by atoms with Gasteiger partial charge in [-0.2, -0.15) is 20.1 Å². The van der Waals surface area contributed by atoms with Gasteiger partial charge in [0.2, 0.25) is 11.9 Å². The van der Waals surface area contributed by atoms with Gasteiger partial charge in [0.15, 0.2) is 5.82 Å². The summed E-state index contributed by atoms with van der Waals surface area (Å²) in [6.07, 6.45) is 2.71. The monoisotopic (exact) mass is 318 g/mol. The second-order valence-electron chi connectivity index (χ2n) is 5.38. The van der Waals surface area contributed by atoms with Gasteiger partial charge < -0.3 is 16.0 Å². The summed E-state index contributed by atoms with van der Waals surface area (Å²) in [4.78, 5) is 26.3. The van der Waals surface area contributed by atoms with Crippen molar-refractivity contribution >= 4 is 17.8 Å². The molecule has 124 valence electrons. The van der Waals surface area contributed by atoms with Crippen LogP contribution in [0.25, 0.3) is 0 Å². The SMILES string of the molecule is CCCn1cc(C(=O)NCc2nc(N)nc(N(C)C)n2)c(C)n1. The molecule has 1 amide bonds. The highest BCUT2D eigenvalue weighted by Gasteiger charge is 2.14. The Labute approximate surface area is 134 Å². The molecule has 2 heterocycles. The highest BCUT2D eigenvalue weighted by Crippen LogP contribution is 2.08. The molecule has 3 N–H and O–H groups in total. The second kappa shape index (κ2) is 7.03. The van der Waals surface area contributed by atoms with Crippen molar-refractivity contribution in [3.8, 4) is 0 Å². The van der Waals surface area contributed by atoms with Gasteiger partial charge in [0.25, 0.3) is 5.91 Å². The summed E-state index contributed by atoms with van der Waals surface area (Å²) in [5.74, 6) is 0.775. The minimum absolute atomic E-state index is 0.125. The van der Waals surface area contributed by atoms with Gasteiger partial charge in [-0.05, 0) is 13.3 Å². The van der Waals surface area contributed by atoms with E-state index in [1.807, 2.05) is 21.0 Å². The molecule has 2 aromatic heterocycles. The normalized spacial score (nSPS) is 10.6. The van der Waals surface area contributed by atoms with Crippen molar-refractivity contribution < 1.29 is 4.79 Å². The number of aromatic nitrogens is 5. The van der Waals surface area contributed by atoms with Crippen LogP contribution in [0.1, 0.15) is 35.2 Å². The summed E-state index contributed by atoms with van der Waals surface area (Å²) < 4.78 is 1.77. The van der Waals surface area contributed by atoms with E-state index in [1.54, 1.807) is 15.8 Å². The summed E-state index contributed by atoms with van der Waals surface area (Å²) in [6.45, 7) is 4.82. The highest BCUT2D eigenvalue weighted by molar-refractivity contribution is 5.94. The summed E-state index contributed by atoms with van der Waals surface area (Å²) in [7, 11) is 3.62. The first-order valence-electron chi connectivity index (χ1n) is 7.40. The van der Waals surface area contributed by atoms with Crippen LogP contribution in [0.4, 0.5) is 11.9 Å². The lowest BCUT2D eigenvalue weighted by Crippen LogP contribution is -2.25. The van der Waals surface area contributed by atoms with Gasteiger partial charge in [0.1, 0.15) is 0 Å². The number of nitrogens with two attached hydrogens (primary N) is 1. The molecule has 0 saturated carbocycles. The molecular formula is C14H22N8O. The maximum Gasteiger partial charge on any atom is 0.255 e. The third-order valence-corrected chi connectivity index (χ3v) is 3.14. The van der Waals surface area contributed by atoms with Gasteiger partial charge in [-0.3, -0.25) is 9.48 Å². The number of carbonyl (C=O) groups excluding carboxylic acids is 1. The van der Waals surface area contributed by atoms with Crippen molar-refractivity contribution in [1.29, 1.82) is 0 Å². The van der Waals surface area contributed by atoms with Crippen LogP contribution in [0.2, 0.25) is 0 Å². The fraction of sp³-hybridized carbons (Fsp3) is 0.500. The first kappa shape index (κ1) is 16.7. The maximum atomic E-state index is 12.3. The molecule has 0 unspecified atom stereocenters. The molecule has 0 saturated heterocycles. The van der Waals surface area contributed by atoms with Crippen molar-refractivity contribution in [3.63, 3.8) is 0 Å². The number of nitrogens with one attached hydrogen (secondary N) is 1. The zero-order valence-corrected chi connectivity index (χ0v) is 13.9. The Morgan fingerprint density at radius 1 is 1.35 bits per heavy atom. The molecule has 0 aromatic carbocycles. The average Bonchev–Trinajstić information content (AvgIpc) is 2.85. The van der Waals surface area contributed by atoms with Crippen molar-refractivity contribution in [1.82, 2.24) is 30.0 Å². The number of hydrogen-bond donors (Lipinski definition) is 2. The molecule has 2 aromatic rings. The first-order valence-corrected chi connectivity index (χ1v) is 7.40. The Balaban J connectivity index is 2.07. The molecule has 0 bridgehead atoms. The maximum absolute atomic E-state index is 12.3. The highest BCUT2D eigenvalue weighted by atomic mass is 16.1. The third-order valence-electron chi connectivity index (χ3n) is 3.14. The van der Waals surface area contributed by atoms with Crippen LogP contribution in [0, 0.1) is 6.92 Å². The van der Waals surface area contributed by atoms with Gasteiger partial charge in [-0.1, -0.05) is 6.92 Å². The lowest BCUT2D eigenvalue weighted by Gasteiger charge is -2.11. The summed E-state index contributed by atoms with van der Waals surface area (Å²) in [5.41, 5.74) is 6.90. The Morgan fingerprint density at radius 3 is 2.74 bits per heavy atom. The van der Waals surface area contributed by atoms with Crippen LogP contribution in [0.5, 0.6) is 0 Å². The van der Waals surface area contributed by atoms with Crippen LogP contribution in [0.3, 0.4) is 0 Å². The smallest absolute Gasteiger partial charge is 0.255 e. The predicted molar refractivity (Wildman–Crippen MR) is 87.0 cm³/mol. The van der Waals surface area contributed by atoms with E-state index in [0.29, 0.717) is 23.0 Å². The summed E-state index contributed by atoms with van der Waals surface area (Å²) >= 11 is 0. The number of hydrogen-bond acceptors (Lipinski definition) is 7. The molecule has 9 heteroatoms. The number of aryl methyl sites for hydroxylation is 2. The molecule has 0 aliphatic carbocycles. The van der Waals surface area contributed by atoms with Crippen LogP contribution in [-0.4, -0.2) is 44.7 Å². The Hall–Kier alpha value is -2.71. The molecule has 0 radical (unpaired) electrons. The fourth-order valence-electron chi connectivity index (χ4n) is 2.04. The van der Waals surface area contributed by atoms with Gasteiger partial charge >= 0.3 is 0 Å². The standard InChI is InChI=1S/C14H22N8O/c1-5-6-22-8-10(9(2)20-22)12(23)16-7-11-17-13(15)19-14(18-11)21(3)4/h8H,5-7H2,1-4H3,(H,16,23)(H2,15,17,18,19). The Kier molecular flexibility index (Phi) is 5.09. The first-order chi connectivity index (χ1) is 10.9. The van der Waals surface area contributed by atoms with E-state index in [1.165, 1.54) is 0 Å². The van der Waals surface area contributed by atoms with Crippen molar-refractivity contribution in [2.75, 3.05) is 24.7 Å².